The van der Waals surface area contributed by atoms with Crippen molar-refractivity contribution >= 4 is 60.8 Å². The molecule has 0 fully saturated rings. The van der Waals surface area contributed by atoms with Gasteiger partial charge in [-0.1, -0.05) is 28.4 Å². The van der Waals surface area contributed by atoms with Gasteiger partial charge in [-0.25, -0.2) is 0 Å². The molecule has 1 rings (SSSR count). The van der Waals surface area contributed by atoms with Crippen LogP contribution < -0.4 is 9.47 Å². The smallest absolute Gasteiger partial charge is 0.156 e. The lowest BCUT2D eigenvalue weighted by Gasteiger charge is -2.12. The topological polar surface area (TPSA) is 40.0 Å². The van der Waals surface area contributed by atoms with E-state index in [1.807, 2.05) is 19.9 Å². The molecule has 0 aliphatic heterocycles. The molecule has 146 valence electrons. The Bertz CT molecular complexity index is 593. The first-order valence-electron chi connectivity index (χ1n) is 8.29. The summed E-state index contributed by atoms with van der Waals surface area (Å²) in [5.74, 6) is 1.09. The first-order valence-corrected chi connectivity index (χ1v) is 10.6. The van der Waals surface area contributed by atoms with Gasteiger partial charge in [0.2, 0.25) is 0 Å². The number of ether oxygens (including phenoxy) is 2. The largest absolute Gasteiger partial charge is 0.490 e. The minimum atomic E-state index is 0.394. The van der Waals surface area contributed by atoms with Crippen LogP contribution in [0.3, 0.4) is 0 Å². The van der Waals surface area contributed by atoms with Gasteiger partial charge in [-0.3, -0.25) is 0 Å². The number of hydrogen-bond donors (Lipinski definition) is 0. The Balaban J connectivity index is 2.30. The summed E-state index contributed by atoms with van der Waals surface area (Å²) in [6.45, 7) is 5.42. The van der Waals surface area contributed by atoms with Gasteiger partial charge in [0, 0.05) is 12.1 Å². The van der Waals surface area contributed by atoms with E-state index < -0.39 is 0 Å². The molecule has 0 bridgehead atoms. The molecule has 0 unspecified atom stereocenters. The molecular weight excluding hydrogens is 509 g/mol. The van der Waals surface area contributed by atoms with Crippen molar-refractivity contribution in [3.63, 3.8) is 0 Å². The molecule has 0 amide bonds. The molecule has 0 saturated heterocycles. The molecule has 0 saturated carbocycles. The van der Waals surface area contributed by atoms with Gasteiger partial charge in [0.1, 0.15) is 19.0 Å². The molecule has 8 heteroatoms. The molecule has 0 aromatic heterocycles. The summed E-state index contributed by atoms with van der Waals surface area (Å²) in [5.41, 5.74) is 0.927. The molecule has 0 aliphatic carbocycles. The van der Waals surface area contributed by atoms with Crippen LogP contribution in [-0.4, -0.2) is 25.5 Å². The highest BCUT2D eigenvalue weighted by Gasteiger charge is 2.10. The summed E-state index contributed by atoms with van der Waals surface area (Å²) < 4.78 is 12.1. The van der Waals surface area contributed by atoms with Gasteiger partial charge in [-0.05, 0) is 77.5 Å². The van der Waals surface area contributed by atoms with Crippen LogP contribution in [0.1, 0.15) is 39.5 Å². The van der Waals surface area contributed by atoms with Crippen LogP contribution in [0.4, 0.5) is 0 Å². The summed E-state index contributed by atoms with van der Waals surface area (Å²) in [7, 11) is 0. The number of benzene rings is 1. The van der Waals surface area contributed by atoms with E-state index in [1.165, 1.54) is 0 Å². The SMILES string of the molecule is CC(C)=NOCCCCCCOc1c(Cl)cc(OCC=C(Br)Br)cc1Cl. The van der Waals surface area contributed by atoms with E-state index in [0.29, 0.717) is 41.4 Å². The fourth-order valence-corrected chi connectivity index (χ4v) is 2.77. The van der Waals surface area contributed by atoms with Crippen molar-refractivity contribution in [2.45, 2.75) is 39.5 Å². The Morgan fingerprint density at radius 2 is 1.62 bits per heavy atom. The van der Waals surface area contributed by atoms with Gasteiger partial charge in [-0.2, -0.15) is 0 Å². The fourth-order valence-electron chi connectivity index (χ4n) is 1.93. The van der Waals surface area contributed by atoms with Crippen LogP contribution in [0, 0.1) is 0 Å². The Morgan fingerprint density at radius 1 is 1.00 bits per heavy atom. The van der Waals surface area contributed by atoms with Crippen molar-refractivity contribution in [2.75, 3.05) is 19.8 Å². The minimum absolute atomic E-state index is 0.394. The highest BCUT2D eigenvalue weighted by molar-refractivity contribution is 9.28. The average Bonchev–Trinajstić information content (AvgIpc) is 2.54. The fraction of sp³-hybridized carbons (Fsp3) is 0.500. The van der Waals surface area contributed by atoms with Crippen LogP contribution >= 0.6 is 55.1 Å². The molecule has 1 aromatic carbocycles. The van der Waals surface area contributed by atoms with Gasteiger partial charge >= 0.3 is 0 Å². The Hall–Kier alpha value is -0.430. The zero-order valence-corrected chi connectivity index (χ0v) is 19.5. The number of oxime groups is 1. The van der Waals surface area contributed by atoms with E-state index in [0.717, 1.165) is 34.8 Å². The number of nitrogens with zero attached hydrogens (tertiary/aromatic N) is 1. The lowest BCUT2D eigenvalue weighted by atomic mass is 10.2. The van der Waals surface area contributed by atoms with Crippen molar-refractivity contribution in [3.05, 3.63) is 31.6 Å². The van der Waals surface area contributed by atoms with Crippen LogP contribution in [0.5, 0.6) is 11.5 Å². The molecule has 26 heavy (non-hydrogen) atoms. The molecule has 1 aromatic rings. The van der Waals surface area contributed by atoms with Crippen molar-refractivity contribution in [2.24, 2.45) is 5.16 Å². The summed E-state index contributed by atoms with van der Waals surface area (Å²) in [6, 6.07) is 3.40. The highest BCUT2D eigenvalue weighted by atomic mass is 79.9. The summed E-state index contributed by atoms with van der Waals surface area (Å²) in [5, 5.41) is 4.78. The summed E-state index contributed by atoms with van der Waals surface area (Å²) in [6.07, 6.45) is 5.83. The quantitative estimate of drug-likeness (QED) is 0.161. The molecule has 4 nitrogen and oxygen atoms in total. The maximum absolute atomic E-state index is 6.25. The first-order chi connectivity index (χ1) is 12.4. The first kappa shape index (κ1) is 23.6. The second-order valence-corrected chi connectivity index (χ2v) is 9.24. The van der Waals surface area contributed by atoms with Gasteiger partial charge in [0.05, 0.1) is 25.8 Å². The lowest BCUT2D eigenvalue weighted by Crippen LogP contribution is -2.00. The van der Waals surface area contributed by atoms with Crippen molar-refractivity contribution in [3.8, 4) is 11.5 Å². The zero-order valence-electron chi connectivity index (χ0n) is 14.9. The Labute approximate surface area is 182 Å². The van der Waals surface area contributed by atoms with Gasteiger partial charge in [-0.15, -0.1) is 0 Å². The number of unbranched alkanes of at least 4 members (excludes halogenated alkanes) is 3. The molecular formula is C18H23Br2Cl2NO3. The molecule has 0 atom stereocenters. The van der Waals surface area contributed by atoms with E-state index in [9.17, 15) is 0 Å². The molecule has 0 heterocycles. The Morgan fingerprint density at radius 3 is 2.19 bits per heavy atom. The van der Waals surface area contributed by atoms with E-state index in [4.69, 9.17) is 37.5 Å². The van der Waals surface area contributed by atoms with E-state index in [-0.39, 0.29) is 0 Å². The zero-order chi connectivity index (χ0) is 19.4. The van der Waals surface area contributed by atoms with E-state index in [1.54, 1.807) is 12.1 Å². The number of halogens is 4. The lowest BCUT2D eigenvalue weighted by molar-refractivity contribution is 0.139. The summed E-state index contributed by atoms with van der Waals surface area (Å²) >= 11 is 19.0. The third-order valence-corrected chi connectivity index (χ3v) is 4.29. The van der Waals surface area contributed by atoms with Crippen molar-refractivity contribution < 1.29 is 14.3 Å². The van der Waals surface area contributed by atoms with Crippen molar-refractivity contribution in [1.29, 1.82) is 0 Å². The van der Waals surface area contributed by atoms with Gasteiger partial charge in [0.25, 0.3) is 0 Å². The second kappa shape index (κ2) is 13.7. The predicted molar refractivity (Wildman–Crippen MR) is 117 cm³/mol. The minimum Gasteiger partial charge on any atom is -0.490 e. The molecule has 0 aliphatic rings. The van der Waals surface area contributed by atoms with Gasteiger partial charge in [0.15, 0.2) is 5.75 Å². The van der Waals surface area contributed by atoms with Crippen LogP contribution in [0.15, 0.2) is 26.8 Å². The number of rotatable bonds is 12. The normalized spacial score (nSPS) is 10.2. The van der Waals surface area contributed by atoms with Crippen molar-refractivity contribution in [1.82, 2.24) is 0 Å². The molecule has 0 spiro atoms. The maximum atomic E-state index is 6.25. The third-order valence-electron chi connectivity index (χ3n) is 3.08. The molecule has 0 radical (unpaired) electrons. The highest BCUT2D eigenvalue weighted by Crippen LogP contribution is 2.37. The van der Waals surface area contributed by atoms with Crippen LogP contribution in [0.2, 0.25) is 10.0 Å². The standard InChI is InChI=1S/C18H23Br2Cl2NO3/c1-13(2)23-26-9-6-4-3-5-8-25-18-15(21)11-14(12-16(18)22)24-10-7-17(19)20/h7,11-12H,3-6,8-10H2,1-2H3. The number of hydrogen-bond acceptors (Lipinski definition) is 4. The van der Waals surface area contributed by atoms with Crippen LogP contribution in [0.25, 0.3) is 0 Å². The third kappa shape index (κ3) is 10.7. The predicted octanol–water partition coefficient (Wildman–Crippen LogP) is 7.36. The van der Waals surface area contributed by atoms with E-state index >= 15 is 0 Å². The second-order valence-electron chi connectivity index (χ2n) is 5.66. The van der Waals surface area contributed by atoms with E-state index in [2.05, 4.69) is 37.0 Å². The average molecular weight is 532 g/mol. The molecule has 0 N–H and O–H groups in total. The maximum Gasteiger partial charge on any atom is 0.156 e. The summed E-state index contributed by atoms with van der Waals surface area (Å²) in [4.78, 5) is 5.16. The monoisotopic (exact) mass is 529 g/mol. The van der Waals surface area contributed by atoms with Crippen LogP contribution in [-0.2, 0) is 4.84 Å². The van der Waals surface area contributed by atoms with Gasteiger partial charge < -0.3 is 14.3 Å². The Kier molecular flexibility index (Phi) is 12.4.